The summed E-state index contributed by atoms with van der Waals surface area (Å²) >= 11 is 1.67. The fourth-order valence-electron chi connectivity index (χ4n) is 5.82. The maximum atomic E-state index is 4.89. The van der Waals surface area contributed by atoms with Gasteiger partial charge in [-0.05, 0) is 59.4 Å². The van der Waals surface area contributed by atoms with Crippen LogP contribution in [0, 0.1) is 13.8 Å². The molecule has 2 fully saturated rings. The van der Waals surface area contributed by atoms with E-state index in [9.17, 15) is 0 Å². The van der Waals surface area contributed by atoms with Crippen molar-refractivity contribution in [3.05, 3.63) is 36.0 Å². The molecule has 8 heteroatoms. The summed E-state index contributed by atoms with van der Waals surface area (Å²) < 4.78 is 2.11. The van der Waals surface area contributed by atoms with Crippen molar-refractivity contribution in [1.29, 1.82) is 0 Å². The number of anilines is 1. The number of piperidine rings is 1. The van der Waals surface area contributed by atoms with Crippen molar-refractivity contribution in [3.8, 4) is 11.4 Å². The number of fused-ring (bicyclic) bond motifs is 4. The highest BCUT2D eigenvalue weighted by Crippen LogP contribution is 2.44. The van der Waals surface area contributed by atoms with E-state index in [1.807, 2.05) is 26.2 Å². The molecule has 4 aromatic heterocycles. The second kappa shape index (κ2) is 6.71. The van der Waals surface area contributed by atoms with E-state index < -0.39 is 0 Å². The molecule has 2 bridgehead atoms. The first-order chi connectivity index (χ1) is 15.2. The molecule has 7 nitrogen and oxygen atoms in total. The van der Waals surface area contributed by atoms with Crippen LogP contribution in [0.3, 0.4) is 0 Å². The maximum Gasteiger partial charge on any atom is 0.187 e. The molecule has 32 heavy (non-hydrogen) atoms. The Balaban J connectivity index is 1.33. The van der Waals surface area contributed by atoms with E-state index in [1.165, 1.54) is 12.8 Å². The van der Waals surface area contributed by atoms with Crippen molar-refractivity contribution in [2.45, 2.75) is 70.5 Å². The van der Waals surface area contributed by atoms with Gasteiger partial charge in [-0.2, -0.15) is 0 Å². The highest BCUT2D eigenvalue weighted by Gasteiger charge is 2.49. The van der Waals surface area contributed by atoms with E-state index in [1.54, 1.807) is 11.3 Å². The predicted molar refractivity (Wildman–Crippen MR) is 129 cm³/mol. The van der Waals surface area contributed by atoms with Gasteiger partial charge < -0.3 is 14.6 Å². The van der Waals surface area contributed by atoms with Crippen LogP contribution >= 0.6 is 11.3 Å². The first-order valence-corrected chi connectivity index (χ1v) is 12.1. The summed E-state index contributed by atoms with van der Waals surface area (Å²) in [6, 6.07) is 2.60. The second-order valence-corrected chi connectivity index (χ2v) is 11.2. The average molecular weight is 448 g/mol. The predicted octanol–water partition coefficient (Wildman–Crippen LogP) is 4.52. The van der Waals surface area contributed by atoms with E-state index in [0.29, 0.717) is 6.04 Å². The summed E-state index contributed by atoms with van der Waals surface area (Å²) in [5.41, 5.74) is 5.43. The number of aromatic nitrogens is 5. The third-order valence-corrected chi connectivity index (χ3v) is 8.40. The van der Waals surface area contributed by atoms with Gasteiger partial charge in [0, 0.05) is 42.1 Å². The summed E-state index contributed by atoms with van der Waals surface area (Å²) in [4.78, 5) is 22.3. The largest absolute Gasteiger partial charge is 0.348 e. The average Bonchev–Trinajstić information content (AvgIpc) is 3.40. The van der Waals surface area contributed by atoms with E-state index in [2.05, 4.69) is 57.7 Å². The Hall–Kier alpha value is -2.58. The van der Waals surface area contributed by atoms with Crippen molar-refractivity contribution >= 4 is 32.3 Å². The Bertz CT molecular complexity index is 1340. The van der Waals surface area contributed by atoms with Gasteiger partial charge in [0.15, 0.2) is 11.0 Å². The quantitative estimate of drug-likeness (QED) is 0.498. The molecule has 2 saturated heterocycles. The van der Waals surface area contributed by atoms with Crippen LogP contribution < -0.4 is 10.2 Å². The summed E-state index contributed by atoms with van der Waals surface area (Å²) in [6.45, 7) is 8.79. The first-order valence-electron chi connectivity index (χ1n) is 11.3. The van der Waals surface area contributed by atoms with Gasteiger partial charge in [0.05, 0.1) is 23.1 Å². The number of nitrogens with zero attached hydrogens (tertiary/aromatic N) is 6. The molecule has 0 aliphatic carbocycles. The summed E-state index contributed by atoms with van der Waals surface area (Å²) in [5, 5.41) is 4.91. The molecule has 2 aliphatic rings. The minimum Gasteiger partial charge on any atom is -0.348 e. The molecule has 4 aromatic rings. The number of hydrogen-bond acceptors (Lipinski definition) is 7. The molecule has 6 heterocycles. The van der Waals surface area contributed by atoms with Crippen molar-refractivity contribution in [2.24, 2.45) is 0 Å². The first kappa shape index (κ1) is 20.1. The lowest BCUT2D eigenvalue weighted by Crippen LogP contribution is -2.58. The van der Waals surface area contributed by atoms with Crippen molar-refractivity contribution in [2.75, 3.05) is 11.9 Å². The molecule has 0 amide bonds. The topological polar surface area (TPSA) is 71.2 Å². The molecular weight excluding hydrogens is 418 g/mol. The number of thiazole rings is 1. The fourth-order valence-corrected chi connectivity index (χ4v) is 6.76. The zero-order valence-electron chi connectivity index (χ0n) is 19.3. The van der Waals surface area contributed by atoms with E-state index >= 15 is 0 Å². The molecule has 3 atom stereocenters. The standard InChI is InChI=1S/C24H29N7S/c1-14-12-31-13-16(8-19(31)15(2)26-14)20-25-11-18-21(28-20)32-22(27-18)30(5)17-9-23(3)6-7-24(4,10-17)29-23/h8,11-13,17,29H,6-7,9-10H2,1-5H3/t17-,23+,24-. The maximum absolute atomic E-state index is 4.89. The molecular formula is C24H29N7S. The molecule has 166 valence electrons. The normalized spacial score (nSPS) is 27.5. The molecule has 0 spiro atoms. The Morgan fingerprint density at radius 2 is 1.84 bits per heavy atom. The van der Waals surface area contributed by atoms with Crippen molar-refractivity contribution in [1.82, 2.24) is 29.7 Å². The van der Waals surface area contributed by atoms with Gasteiger partial charge >= 0.3 is 0 Å². The number of rotatable bonds is 3. The smallest absolute Gasteiger partial charge is 0.187 e. The monoisotopic (exact) mass is 447 g/mol. The molecule has 2 aliphatic heterocycles. The zero-order valence-corrected chi connectivity index (χ0v) is 20.1. The summed E-state index contributed by atoms with van der Waals surface area (Å²) in [6.07, 6.45) is 10.8. The van der Waals surface area contributed by atoms with Crippen LogP contribution in [0.25, 0.3) is 27.3 Å². The van der Waals surface area contributed by atoms with E-state index in [4.69, 9.17) is 9.97 Å². The minimum absolute atomic E-state index is 0.235. The number of aryl methyl sites for hydroxylation is 2. The third kappa shape index (κ3) is 3.19. The highest BCUT2D eigenvalue weighted by atomic mass is 32.1. The van der Waals surface area contributed by atoms with Gasteiger partial charge in [-0.3, -0.25) is 4.98 Å². The SMILES string of the molecule is Cc1cn2cc(-c3ncc4nc(N(C)[C@@H]5C[C@]6(C)CC[C@](C)(C5)N6)sc4n3)cc2c(C)n1. The molecule has 0 unspecified atom stereocenters. The Kier molecular flexibility index (Phi) is 4.21. The van der Waals surface area contributed by atoms with Crippen LogP contribution in [-0.2, 0) is 0 Å². The van der Waals surface area contributed by atoms with Crippen LogP contribution in [0.4, 0.5) is 5.13 Å². The fraction of sp³-hybridized carbons (Fsp3) is 0.500. The second-order valence-electron chi connectivity index (χ2n) is 10.3. The molecule has 0 aromatic carbocycles. The van der Waals surface area contributed by atoms with Crippen LogP contribution in [0.5, 0.6) is 0 Å². The molecule has 1 N–H and O–H groups in total. The van der Waals surface area contributed by atoms with Gasteiger partial charge in [0.25, 0.3) is 0 Å². The molecule has 0 saturated carbocycles. The van der Waals surface area contributed by atoms with E-state index in [-0.39, 0.29) is 11.1 Å². The third-order valence-electron chi connectivity index (χ3n) is 7.34. The highest BCUT2D eigenvalue weighted by molar-refractivity contribution is 7.21. The Labute approximate surface area is 191 Å². The van der Waals surface area contributed by atoms with Crippen LogP contribution in [0.1, 0.15) is 50.9 Å². The van der Waals surface area contributed by atoms with Gasteiger partial charge in [-0.25, -0.2) is 15.0 Å². The van der Waals surface area contributed by atoms with Crippen LogP contribution in [0.15, 0.2) is 24.7 Å². The lowest BCUT2D eigenvalue weighted by Gasteiger charge is -2.45. The van der Waals surface area contributed by atoms with Gasteiger partial charge in [0.2, 0.25) is 0 Å². The van der Waals surface area contributed by atoms with Crippen LogP contribution in [-0.4, -0.2) is 48.5 Å². The minimum atomic E-state index is 0.235. The lowest BCUT2D eigenvalue weighted by molar-refractivity contribution is 0.208. The number of hydrogen-bond donors (Lipinski definition) is 1. The van der Waals surface area contributed by atoms with Crippen molar-refractivity contribution < 1.29 is 0 Å². The van der Waals surface area contributed by atoms with Gasteiger partial charge in [-0.1, -0.05) is 11.3 Å². The Morgan fingerprint density at radius 3 is 2.59 bits per heavy atom. The summed E-state index contributed by atoms with van der Waals surface area (Å²) in [5.74, 6) is 0.732. The summed E-state index contributed by atoms with van der Waals surface area (Å²) in [7, 11) is 2.19. The molecule has 0 radical (unpaired) electrons. The number of nitrogens with one attached hydrogen (secondary N) is 1. The molecule has 6 rings (SSSR count). The van der Waals surface area contributed by atoms with Crippen molar-refractivity contribution in [3.63, 3.8) is 0 Å². The lowest BCUT2D eigenvalue weighted by atomic mass is 9.84. The Morgan fingerprint density at radius 1 is 1.09 bits per heavy atom. The van der Waals surface area contributed by atoms with Gasteiger partial charge in [0.1, 0.15) is 10.3 Å². The van der Waals surface area contributed by atoms with Crippen LogP contribution in [0.2, 0.25) is 0 Å². The van der Waals surface area contributed by atoms with E-state index in [0.717, 1.165) is 56.6 Å². The van der Waals surface area contributed by atoms with Gasteiger partial charge in [-0.15, -0.1) is 0 Å². The zero-order chi connectivity index (χ0) is 22.3.